The topological polar surface area (TPSA) is 24.7 Å². The Kier molecular flexibility index (Phi) is 4.60. The van der Waals surface area contributed by atoms with E-state index in [-0.39, 0.29) is 22.9 Å². The van der Waals surface area contributed by atoms with Crippen molar-refractivity contribution in [1.82, 2.24) is 0 Å². The minimum Gasteiger partial charge on any atom is -0.165 e. The molecule has 1 aliphatic heterocycles. The Labute approximate surface area is 148 Å². The molecule has 1 heterocycles. The first kappa shape index (κ1) is 18.5. The number of thioether (sulfide) groups is 1. The highest BCUT2D eigenvalue weighted by Crippen LogP contribution is 2.52. The van der Waals surface area contributed by atoms with Gasteiger partial charge in [-0.25, -0.2) is 0 Å². The van der Waals surface area contributed by atoms with Crippen LogP contribution in [0.4, 0.5) is 26.3 Å². The average Bonchev–Trinajstić information content (AvgIpc) is 2.61. The largest absolute Gasteiger partial charge is 0.441 e. The molecule has 0 unspecified atom stereocenters. The third-order valence-corrected chi connectivity index (χ3v) is 5.17. The third-order valence-electron chi connectivity index (χ3n) is 3.70. The first-order valence-electron chi connectivity index (χ1n) is 7.26. The van der Waals surface area contributed by atoms with Crippen LogP contribution >= 0.6 is 11.8 Å². The van der Waals surface area contributed by atoms with Crippen molar-refractivity contribution in [3.63, 3.8) is 0 Å². The zero-order valence-corrected chi connectivity index (χ0v) is 13.7. The van der Waals surface area contributed by atoms with E-state index < -0.39 is 27.9 Å². The third kappa shape index (κ3) is 3.23. The van der Waals surface area contributed by atoms with Crippen molar-refractivity contribution in [3.05, 3.63) is 71.8 Å². The Morgan fingerprint density at radius 2 is 1.12 bits per heavy atom. The van der Waals surface area contributed by atoms with E-state index in [0.29, 0.717) is 0 Å². The molecule has 3 rings (SSSR count). The number of hydrogen-bond acceptors (Lipinski definition) is 3. The van der Waals surface area contributed by atoms with Gasteiger partial charge in [-0.3, -0.25) is 0 Å². The fourth-order valence-corrected chi connectivity index (χ4v) is 3.90. The van der Waals surface area contributed by atoms with E-state index in [1.54, 1.807) is 12.1 Å². The molecule has 2 nitrogen and oxygen atoms in total. The fourth-order valence-electron chi connectivity index (χ4n) is 2.65. The SMILES string of the molecule is FC(F)(F)C1=NN=C(C(F)(F)F)C(c2ccccc2)(c2ccccc2)S1. The number of hydrogen-bond donors (Lipinski definition) is 0. The van der Waals surface area contributed by atoms with Gasteiger partial charge < -0.3 is 0 Å². The van der Waals surface area contributed by atoms with Crippen molar-refractivity contribution < 1.29 is 26.3 Å². The molecule has 1 aliphatic rings. The van der Waals surface area contributed by atoms with Crippen LogP contribution in [0.2, 0.25) is 0 Å². The summed E-state index contributed by atoms with van der Waals surface area (Å²) < 4.78 is 78.7. The lowest BCUT2D eigenvalue weighted by Crippen LogP contribution is -2.46. The lowest BCUT2D eigenvalue weighted by atomic mass is 9.85. The maximum atomic E-state index is 13.7. The van der Waals surface area contributed by atoms with Crippen LogP contribution in [0.3, 0.4) is 0 Å². The Hall–Kier alpha value is -2.29. The maximum absolute atomic E-state index is 13.7. The van der Waals surface area contributed by atoms with Gasteiger partial charge in [0.25, 0.3) is 0 Å². The molecule has 0 fully saturated rings. The minimum absolute atomic E-state index is 0.00127. The summed E-state index contributed by atoms with van der Waals surface area (Å²) in [6.45, 7) is 0. The quantitative estimate of drug-likeness (QED) is 0.619. The summed E-state index contributed by atoms with van der Waals surface area (Å²) in [7, 11) is 0. The molecule has 0 N–H and O–H groups in total. The molecule has 0 aromatic heterocycles. The van der Waals surface area contributed by atoms with E-state index in [4.69, 9.17) is 0 Å². The second-order valence-electron chi connectivity index (χ2n) is 5.36. The Morgan fingerprint density at radius 3 is 1.50 bits per heavy atom. The molecule has 2 aromatic carbocycles. The normalized spacial score (nSPS) is 17.5. The van der Waals surface area contributed by atoms with E-state index in [0.717, 1.165) is 0 Å². The molecule has 136 valence electrons. The van der Waals surface area contributed by atoms with Crippen LogP contribution in [-0.4, -0.2) is 23.1 Å². The van der Waals surface area contributed by atoms with Gasteiger partial charge in [-0.1, -0.05) is 72.4 Å². The second-order valence-corrected chi connectivity index (χ2v) is 6.57. The molecule has 0 spiro atoms. The minimum atomic E-state index is -4.97. The van der Waals surface area contributed by atoms with Gasteiger partial charge in [0.15, 0.2) is 5.71 Å². The molecule has 0 atom stereocenters. The number of nitrogens with zero attached hydrogens (tertiary/aromatic N) is 2. The van der Waals surface area contributed by atoms with E-state index in [1.165, 1.54) is 48.5 Å². The summed E-state index contributed by atoms with van der Waals surface area (Å²) in [5.74, 6) is 0. The molecule has 0 aliphatic carbocycles. The van der Waals surface area contributed by atoms with Gasteiger partial charge in [0, 0.05) is 0 Å². The Morgan fingerprint density at radius 1 is 0.654 bits per heavy atom. The maximum Gasteiger partial charge on any atom is 0.441 e. The van der Waals surface area contributed by atoms with Gasteiger partial charge in [-0.05, 0) is 11.1 Å². The van der Waals surface area contributed by atoms with Crippen molar-refractivity contribution in [2.24, 2.45) is 10.2 Å². The number of benzene rings is 2. The highest BCUT2D eigenvalue weighted by Gasteiger charge is 2.58. The first-order valence-corrected chi connectivity index (χ1v) is 8.08. The second kappa shape index (κ2) is 6.46. The molecule has 0 radical (unpaired) electrons. The first-order chi connectivity index (χ1) is 12.2. The molecule has 0 saturated carbocycles. The summed E-state index contributed by atoms with van der Waals surface area (Å²) in [4.78, 5) is 0. The molecule has 0 bridgehead atoms. The van der Waals surface area contributed by atoms with Crippen LogP contribution in [0.1, 0.15) is 11.1 Å². The Balaban J connectivity index is 2.34. The van der Waals surface area contributed by atoms with Crippen LogP contribution in [-0.2, 0) is 4.75 Å². The highest BCUT2D eigenvalue weighted by atomic mass is 32.2. The van der Waals surface area contributed by atoms with Gasteiger partial charge in [-0.15, -0.1) is 10.2 Å². The summed E-state index contributed by atoms with van der Waals surface area (Å²) in [6.07, 6.45) is -9.89. The fraction of sp³-hybridized carbons (Fsp3) is 0.176. The lowest BCUT2D eigenvalue weighted by Gasteiger charge is -2.37. The molecule has 0 amide bonds. The summed E-state index contributed by atoms with van der Waals surface area (Å²) >= 11 is 0.00127. The van der Waals surface area contributed by atoms with E-state index >= 15 is 0 Å². The smallest absolute Gasteiger partial charge is 0.165 e. The van der Waals surface area contributed by atoms with Gasteiger partial charge >= 0.3 is 12.4 Å². The Bertz CT molecular complexity index is 802. The molecule has 9 heteroatoms. The molecular weight excluding hydrogens is 378 g/mol. The van der Waals surface area contributed by atoms with Gasteiger partial charge in [0.2, 0.25) is 5.04 Å². The van der Waals surface area contributed by atoms with Crippen LogP contribution < -0.4 is 0 Å². The van der Waals surface area contributed by atoms with Crippen molar-refractivity contribution in [2.75, 3.05) is 0 Å². The summed E-state index contributed by atoms with van der Waals surface area (Å²) in [5.41, 5.74) is -1.34. The van der Waals surface area contributed by atoms with E-state index in [2.05, 4.69) is 10.2 Å². The van der Waals surface area contributed by atoms with Crippen molar-refractivity contribution >= 4 is 22.5 Å². The number of rotatable bonds is 2. The van der Waals surface area contributed by atoms with Crippen molar-refractivity contribution in [1.29, 1.82) is 0 Å². The van der Waals surface area contributed by atoms with E-state index in [1.807, 2.05) is 0 Å². The van der Waals surface area contributed by atoms with E-state index in [9.17, 15) is 26.3 Å². The summed E-state index contributed by atoms with van der Waals surface area (Å²) in [5, 5.41) is 4.38. The molecule has 0 saturated heterocycles. The number of halogens is 6. The van der Waals surface area contributed by atoms with Crippen LogP contribution in [0.5, 0.6) is 0 Å². The predicted octanol–water partition coefficient (Wildman–Crippen LogP) is 5.56. The highest BCUT2D eigenvalue weighted by molar-refractivity contribution is 8.15. The average molecular weight is 388 g/mol. The number of alkyl halides is 6. The monoisotopic (exact) mass is 388 g/mol. The van der Waals surface area contributed by atoms with Crippen molar-refractivity contribution in [2.45, 2.75) is 17.1 Å². The predicted molar refractivity (Wildman–Crippen MR) is 88.2 cm³/mol. The van der Waals surface area contributed by atoms with Gasteiger partial charge in [0.05, 0.1) is 0 Å². The van der Waals surface area contributed by atoms with Crippen molar-refractivity contribution in [3.8, 4) is 0 Å². The van der Waals surface area contributed by atoms with Crippen LogP contribution in [0, 0.1) is 0 Å². The van der Waals surface area contributed by atoms with Gasteiger partial charge in [-0.2, -0.15) is 26.3 Å². The molecule has 2 aromatic rings. The zero-order chi connectivity index (χ0) is 19.0. The zero-order valence-electron chi connectivity index (χ0n) is 12.8. The lowest BCUT2D eigenvalue weighted by molar-refractivity contribution is -0.0632. The molecular formula is C17H10F6N2S. The standard InChI is InChI=1S/C17H10F6N2S/c18-16(19,20)13-15(11-7-3-1-4-8-11,12-9-5-2-6-10-12)26-14(25-24-13)17(21,22)23/h1-10H. The van der Waals surface area contributed by atoms with Crippen LogP contribution in [0.25, 0.3) is 0 Å². The molecule has 26 heavy (non-hydrogen) atoms. The van der Waals surface area contributed by atoms with Gasteiger partial charge in [0.1, 0.15) is 4.75 Å². The van der Waals surface area contributed by atoms with Crippen LogP contribution in [0.15, 0.2) is 70.9 Å². The summed E-state index contributed by atoms with van der Waals surface area (Å²) in [6, 6.07) is 14.4.